The van der Waals surface area contributed by atoms with Crippen LogP contribution in [-0.2, 0) is 0 Å². The standard InChI is InChI=1S/C26H29NO4S/c1-26(2,25(29)30)31-23-10-4-7-19(15-23)21-9-5-12-27(16-21)24(28)20-8-3-6-18(14-20)22-11-13-32-17-22/h3-4,6-8,10-11,13-15,17,21,25,29-30H,5,9,12,16H2,1-2H3. The van der Waals surface area contributed by atoms with Crippen molar-refractivity contribution in [3.63, 3.8) is 0 Å². The molecule has 1 saturated heterocycles. The summed E-state index contributed by atoms with van der Waals surface area (Å²) in [5, 5.41) is 23.2. The van der Waals surface area contributed by atoms with E-state index in [1.807, 2.05) is 58.8 Å². The van der Waals surface area contributed by atoms with E-state index in [1.54, 1.807) is 25.2 Å². The van der Waals surface area contributed by atoms with Gasteiger partial charge >= 0.3 is 0 Å². The Morgan fingerprint density at radius 1 is 1.12 bits per heavy atom. The number of carbonyl (C=O) groups is 1. The zero-order valence-corrected chi connectivity index (χ0v) is 19.2. The maximum Gasteiger partial charge on any atom is 0.253 e. The maximum absolute atomic E-state index is 13.3. The fourth-order valence-corrected chi connectivity index (χ4v) is 4.73. The summed E-state index contributed by atoms with van der Waals surface area (Å²) < 4.78 is 5.81. The van der Waals surface area contributed by atoms with Crippen molar-refractivity contribution in [3.05, 3.63) is 76.5 Å². The minimum Gasteiger partial charge on any atom is -0.483 e. The number of likely N-dealkylation sites (tertiary alicyclic amines) is 1. The summed E-state index contributed by atoms with van der Waals surface area (Å²) in [7, 11) is 0. The van der Waals surface area contributed by atoms with Crippen LogP contribution in [-0.4, -0.2) is 46.0 Å². The molecule has 0 radical (unpaired) electrons. The molecule has 3 aromatic rings. The predicted octanol–water partition coefficient (Wildman–Crippen LogP) is 4.90. The summed E-state index contributed by atoms with van der Waals surface area (Å²) >= 11 is 1.65. The van der Waals surface area contributed by atoms with Crippen LogP contribution in [0.1, 0.15) is 48.5 Å². The van der Waals surface area contributed by atoms with Gasteiger partial charge in [-0.05, 0) is 84.5 Å². The Morgan fingerprint density at radius 2 is 1.94 bits per heavy atom. The van der Waals surface area contributed by atoms with Crippen LogP contribution in [0.2, 0.25) is 0 Å². The van der Waals surface area contributed by atoms with Crippen molar-refractivity contribution in [1.29, 1.82) is 0 Å². The average molecular weight is 452 g/mol. The number of carbonyl (C=O) groups excluding carboxylic acids is 1. The van der Waals surface area contributed by atoms with Crippen LogP contribution in [0.5, 0.6) is 5.75 Å². The number of hydrogen-bond donors (Lipinski definition) is 2. The first-order valence-corrected chi connectivity index (χ1v) is 11.8. The molecule has 1 unspecified atom stereocenters. The van der Waals surface area contributed by atoms with Gasteiger partial charge in [0.05, 0.1) is 0 Å². The van der Waals surface area contributed by atoms with Crippen molar-refractivity contribution >= 4 is 17.2 Å². The van der Waals surface area contributed by atoms with Gasteiger partial charge in [0.1, 0.15) is 5.75 Å². The predicted molar refractivity (Wildman–Crippen MR) is 127 cm³/mol. The van der Waals surface area contributed by atoms with Crippen LogP contribution in [0.25, 0.3) is 11.1 Å². The number of piperidine rings is 1. The van der Waals surface area contributed by atoms with Gasteiger partial charge in [0.15, 0.2) is 11.9 Å². The molecule has 2 aromatic carbocycles. The molecule has 32 heavy (non-hydrogen) atoms. The summed E-state index contributed by atoms with van der Waals surface area (Å²) in [6, 6.07) is 17.6. The molecule has 1 fully saturated rings. The van der Waals surface area contributed by atoms with Crippen LogP contribution in [0.3, 0.4) is 0 Å². The summed E-state index contributed by atoms with van der Waals surface area (Å²) in [5.74, 6) is 0.856. The lowest BCUT2D eigenvalue weighted by Gasteiger charge is -2.34. The Kier molecular flexibility index (Phi) is 6.65. The lowest BCUT2D eigenvalue weighted by Crippen LogP contribution is -2.41. The first-order valence-electron chi connectivity index (χ1n) is 10.9. The molecular formula is C26H29NO4S. The monoisotopic (exact) mass is 451 g/mol. The second-order valence-electron chi connectivity index (χ2n) is 8.83. The molecule has 168 valence electrons. The number of thiophene rings is 1. The molecular weight excluding hydrogens is 422 g/mol. The van der Waals surface area contributed by atoms with Gasteiger partial charge in [-0.15, -0.1) is 0 Å². The minimum atomic E-state index is -1.58. The van der Waals surface area contributed by atoms with Gasteiger partial charge in [0.25, 0.3) is 5.91 Å². The fourth-order valence-electron chi connectivity index (χ4n) is 4.07. The normalized spacial score (nSPS) is 16.9. The molecule has 1 atom stereocenters. The number of ether oxygens (including phenoxy) is 1. The molecule has 0 aliphatic carbocycles. The summed E-state index contributed by atoms with van der Waals surface area (Å²) in [6.07, 6.45) is 0.347. The zero-order valence-electron chi connectivity index (χ0n) is 18.4. The van der Waals surface area contributed by atoms with E-state index in [4.69, 9.17) is 4.74 Å². The lowest BCUT2D eigenvalue weighted by atomic mass is 9.90. The number of benzene rings is 2. The summed E-state index contributed by atoms with van der Waals surface area (Å²) in [5.41, 5.74) is 2.89. The fraction of sp³-hybridized carbons (Fsp3) is 0.346. The number of aliphatic hydroxyl groups excluding tert-OH is 1. The Bertz CT molecular complexity index is 1060. The van der Waals surface area contributed by atoms with Crippen LogP contribution in [0.4, 0.5) is 0 Å². The summed E-state index contributed by atoms with van der Waals surface area (Å²) in [4.78, 5) is 15.2. The Labute approximate surface area is 192 Å². The first-order chi connectivity index (χ1) is 15.3. The number of hydrogen-bond acceptors (Lipinski definition) is 5. The Hall–Kier alpha value is -2.67. The molecule has 1 amide bonds. The highest BCUT2D eigenvalue weighted by atomic mass is 32.1. The molecule has 2 N–H and O–H groups in total. The largest absolute Gasteiger partial charge is 0.483 e. The van der Waals surface area contributed by atoms with Gasteiger partial charge in [-0.25, -0.2) is 0 Å². The quantitative estimate of drug-likeness (QED) is 0.523. The molecule has 1 aliphatic rings. The zero-order chi connectivity index (χ0) is 22.7. The smallest absolute Gasteiger partial charge is 0.253 e. The number of aliphatic hydroxyl groups is 2. The number of rotatable bonds is 6. The van der Waals surface area contributed by atoms with E-state index < -0.39 is 11.9 Å². The molecule has 4 rings (SSSR count). The highest BCUT2D eigenvalue weighted by molar-refractivity contribution is 7.08. The van der Waals surface area contributed by atoms with Crippen molar-refractivity contribution in [1.82, 2.24) is 4.90 Å². The average Bonchev–Trinajstić information content (AvgIpc) is 3.34. The van der Waals surface area contributed by atoms with Gasteiger partial charge in [-0.2, -0.15) is 11.3 Å². The van der Waals surface area contributed by atoms with Crippen LogP contribution < -0.4 is 4.74 Å². The highest BCUT2D eigenvalue weighted by Crippen LogP contribution is 2.31. The molecule has 2 heterocycles. The third kappa shape index (κ3) is 5.04. The SMILES string of the molecule is CC(C)(Oc1cccc(C2CCCN(C(=O)c3cccc(-c4ccsc4)c3)C2)c1)C(O)O. The van der Waals surface area contributed by atoms with E-state index in [9.17, 15) is 15.0 Å². The molecule has 1 aromatic heterocycles. The third-order valence-corrected chi connectivity index (χ3v) is 6.69. The van der Waals surface area contributed by atoms with Crippen molar-refractivity contribution in [2.24, 2.45) is 0 Å². The molecule has 0 saturated carbocycles. The van der Waals surface area contributed by atoms with E-state index >= 15 is 0 Å². The molecule has 1 aliphatic heterocycles. The molecule has 5 nitrogen and oxygen atoms in total. The van der Waals surface area contributed by atoms with Gasteiger partial charge in [-0.3, -0.25) is 4.79 Å². The van der Waals surface area contributed by atoms with E-state index in [0.717, 1.165) is 36.1 Å². The van der Waals surface area contributed by atoms with Crippen molar-refractivity contribution in [2.45, 2.75) is 44.5 Å². The Balaban J connectivity index is 1.49. The lowest BCUT2D eigenvalue weighted by molar-refractivity contribution is -0.154. The van der Waals surface area contributed by atoms with E-state index in [1.165, 1.54) is 0 Å². The Morgan fingerprint density at radius 3 is 2.69 bits per heavy atom. The minimum absolute atomic E-state index is 0.0590. The van der Waals surface area contributed by atoms with Crippen LogP contribution in [0, 0.1) is 0 Å². The van der Waals surface area contributed by atoms with E-state index in [0.29, 0.717) is 17.9 Å². The topological polar surface area (TPSA) is 70.0 Å². The van der Waals surface area contributed by atoms with Crippen molar-refractivity contribution in [3.8, 4) is 16.9 Å². The second-order valence-corrected chi connectivity index (χ2v) is 9.61. The maximum atomic E-state index is 13.3. The van der Waals surface area contributed by atoms with Gasteiger partial charge in [-0.1, -0.05) is 24.3 Å². The van der Waals surface area contributed by atoms with E-state index in [2.05, 4.69) is 11.4 Å². The second kappa shape index (κ2) is 9.45. The third-order valence-electron chi connectivity index (χ3n) is 6.00. The van der Waals surface area contributed by atoms with Crippen LogP contribution in [0.15, 0.2) is 65.4 Å². The first kappa shape index (κ1) is 22.5. The van der Waals surface area contributed by atoms with Gasteiger partial charge in [0.2, 0.25) is 0 Å². The van der Waals surface area contributed by atoms with Gasteiger partial charge in [0, 0.05) is 24.6 Å². The molecule has 6 heteroatoms. The van der Waals surface area contributed by atoms with Crippen molar-refractivity contribution in [2.75, 3.05) is 13.1 Å². The van der Waals surface area contributed by atoms with Crippen molar-refractivity contribution < 1.29 is 19.7 Å². The number of nitrogens with zero attached hydrogens (tertiary/aromatic N) is 1. The molecule has 0 bridgehead atoms. The number of amides is 1. The van der Waals surface area contributed by atoms with E-state index in [-0.39, 0.29) is 11.8 Å². The highest BCUT2D eigenvalue weighted by Gasteiger charge is 2.29. The molecule has 0 spiro atoms. The van der Waals surface area contributed by atoms with Gasteiger partial charge < -0.3 is 19.8 Å². The van der Waals surface area contributed by atoms with Crippen LogP contribution >= 0.6 is 11.3 Å². The summed E-state index contributed by atoms with van der Waals surface area (Å²) in [6.45, 7) is 4.67.